The first-order valence-electron chi connectivity index (χ1n) is 4.87. The maximum Gasteiger partial charge on any atom is 0.421 e. The number of ether oxygens (including phenoxy) is 1. The lowest BCUT2D eigenvalue weighted by molar-refractivity contribution is -0.139. The molecule has 0 aromatic carbocycles. The van der Waals surface area contributed by atoms with Gasteiger partial charge in [-0.2, -0.15) is 13.2 Å². The highest BCUT2D eigenvalue weighted by Crippen LogP contribution is 2.35. The Kier molecular flexibility index (Phi) is 4.51. The van der Waals surface area contributed by atoms with E-state index in [0.29, 0.717) is 12.0 Å². The highest BCUT2D eigenvalue weighted by Gasteiger charge is 2.35. The van der Waals surface area contributed by atoms with Gasteiger partial charge >= 0.3 is 6.18 Å². The normalized spacial score (nSPS) is 12.1. The first-order valence-corrected chi connectivity index (χ1v) is 4.87. The monoisotopic (exact) mass is 247 g/mol. The Balaban J connectivity index is 3.05. The molecule has 0 bridgehead atoms. The molecular formula is C11H12F3NO2. The quantitative estimate of drug-likeness (QED) is 0.888. The molecule has 0 saturated heterocycles. The number of nitrogens with zero attached hydrogens (tertiary/aromatic N) is 1. The Labute approximate surface area is 96.6 Å². The second-order valence-electron chi connectivity index (χ2n) is 3.24. The van der Waals surface area contributed by atoms with Gasteiger partial charge in [-0.15, -0.1) is 0 Å². The van der Waals surface area contributed by atoms with E-state index in [0.717, 1.165) is 13.2 Å². The second kappa shape index (κ2) is 5.67. The van der Waals surface area contributed by atoms with Crippen LogP contribution in [-0.4, -0.2) is 23.8 Å². The number of rotatable bonds is 4. The number of halogens is 3. The van der Waals surface area contributed by atoms with E-state index in [-0.39, 0.29) is 6.61 Å². The van der Waals surface area contributed by atoms with Crippen molar-refractivity contribution >= 4 is 6.08 Å². The fraction of sp³-hybridized carbons (Fsp3) is 0.364. The molecule has 0 unspecified atom stereocenters. The maximum absolute atomic E-state index is 12.6. The Bertz CT molecular complexity index is 402. The summed E-state index contributed by atoms with van der Waals surface area (Å²) in [6.07, 6.45) is 0.204. The molecule has 0 radical (unpaired) electrons. The molecule has 0 amide bonds. The lowest BCUT2D eigenvalue weighted by atomic mass is 10.1. The van der Waals surface area contributed by atoms with Gasteiger partial charge in [0.25, 0.3) is 0 Å². The number of methoxy groups -OCH3 is 1. The third-order valence-corrected chi connectivity index (χ3v) is 1.98. The predicted molar refractivity (Wildman–Crippen MR) is 56.5 cm³/mol. The van der Waals surface area contributed by atoms with Crippen LogP contribution in [0.15, 0.2) is 18.3 Å². The van der Waals surface area contributed by atoms with Crippen molar-refractivity contribution in [3.8, 4) is 5.88 Å². The fourth-order valence-corrected chi connectivity index (χ4v) is 1.22. The number of hydrogen-bond acceptors (Lipinski definition) is 3. The van der Waals surface area contributed by atoms with E-state index in [1.54, 1.807) is 6.08 Å². The Hall–Kier alpha value is -1.56. The van der Waals surface area contributed by atoms with Crippen molar-refractivity contribution in [1.82, 2.24) is 4.98 Å². The summed E-state index contributed by atoms with van der Waals surface area (Å²) in [4.78, 5) is 3.59. The summed E-state index contributed by atoms with van der Waals surface area (Å²) in [5, 5.41) is 8.54. The van der Waals surface area contributed by atoms with Gasteiger partial charge in [0.1, 0.15) is 5.56 Å². The maximum atomic E-state index is 12.6. The topological polar surface area (TPSA) is 42.4 Å². The van der Waals surface area contributed by atoms with Crippen molar-refractivity contribution in [2.75, 3.05) is 13.7 Å². The summed E-state index contributed by atoms with van der Waals surface area (Å²) in [5.74, 6) is -0.447. The summed E-state index contributed by atoms with van der Waals surface area (Å²) in [6, 6.07) is 0.958. The summed E-state index contributed by atoms with van der Waals surface area (Å²) >= 11 is 0. The van der Waals surface area contributed by atoms with Crippen LogP contribution in [0, 0.1) is 0 Å². The molecule has 1 rings (SSSR count). The van der Waals surface area contributed by atoms with Crippen molar-refractivity contribution in [3.05, 3.63) is 29.5 Å². The molecule has 1 aromatic heterocycles. The molecule has 0 saturated carbocycles. The zero-order valence-corrected chi connectivity index (χ0v) is 9.16. The molecule has 17 heavy (non-hydrogen) atoms. The molecule has 0 fully saturated rings. The molecule has 0 aliphatic heterocycles. The molecule has 1 heterocycles. The molecule has 0 aliphatic carbocycles. The van der Waals surface area contributed by atoms with E-state index in [1.807, 2.05) is 0 Å². The van der Waals surface area contributed by atoms with Gasteiger partial charge in [0.05, 0.1) is 7.11 Å². The smallest absolute Gasteiger partial charge is 0.421 e. The van der Waals surface area contributed by atoms with Gasteiger partial charge in [0, 0.05) is 12.8 Å². The first kappa shape index (κ1) is 13.5. The van der Waals surface area contributed by atoms with E-state index < -0.39 is 17.6 Å². The number of pyridine rings is 1. The van der Waals surface area contributed by atoms with Crippen molar-refractivity contribution in [1.29, 1.82) is 0 Å². The van der Waals surface area contributed by atoms with E-state index in [2.05, 4.69) is 9.72 Å². The summed E-state index contributed by atoms with van der Waals surface area (Å²) in [5.41, 5.74) is -0.599. The largest absolute Gasteiger partial charge is 0.481 e. The molecule has 3 nitrogen and oxygen atoms in total. The Morgan fingerprint density at radius 2 is 2.18 bits per heavy atom. The number of aliphatic hydroxyl groups is 1. The minimum absolute atomic E-state index is 0.0494. The minimum atomic E-state index is -4.50. The van der Waals surface area contributed by atoms with E-state index in [1.165, 1.54) is 12.3 Å². The van der Waals surface area contributed by atoms with Gasteiger partial charge in [0.2, 0.25) is 5.88 Å². The average Bonchev–Trinajstić information content (AvgIpc) is 2.28. The van der Waals surface area contributed by atoms with Gasteiger partial charge < -0.3 is 9.84 Å². The molecule has 1 N–H and O–H groups in total. The standard InChI is InChI=1S/C11H12F3NO2/c1-17-10-9(11(12,13)14)6-8(7-15-10)4-2-3-5-16/h2,4,6-7,16H,3,5H2,1H3. The van der Waals surface area contributed by atoms with E-state index in [9.17, 15) is 13.2 Å². The summed E-state index contributed by atoms with van der Waals surface area (Å²) < 4.78 is 42.4. The average molecular weight is 247 g/mol. The lowest BCUT2D eigenvalue weighted by Gasteiger charge is -2.11. The zero-order valence-electron chi connectivity index (χ0n) is 9.16. The van der Waals surface area contributed by atoms with Gasteiger partial charge in [0.15, 0.2) is 0 Å². The van der Waals surface area contributed by atoms with Crippen LogP contribution in [-0.2, 0) is 6.18 Å². The van der Waals surface area contributed by atoms with E-state index >= 15 is 0 Å². The second-order valence-corrected chi connectivity index (χ2v) is 3.24. The van der Waals surface area contributed by atoms with E-state index in [4.69, 9.17) is 5.11 Å². The molecular weight excluding hydrogens is 235 g/mol. The molecule has 0 atom stereocenters. The fourth-order valence-electron chi connectivity index (χ4n) is 1.22. The zero-order chi connectivity index (χ0) is 12.9. The van der Waals surface area contributed by atoms with Crippen LogP contribution >= 0.6 is 0 Å². The predicted octanol–water partition coefficient (Wildman–Crippen LogP) is 2.50. The molecule has 6 heteroatoms. The SMILES string of the molecule is COc1ncc(C=CCCO)cc1C(F)(F)F. The van der Waals surface area contributed by atoms with Crippen LogP contribution in [0.1, 0.15) is 17.5 Å². The van der Waals surface area contributed by atoms with Crippen molar-refractivity contribution in [2.45, 2.75) is 12.6 Å². The summed E-state index contributed by atoms with van der Waals surface area (Å²) in [7, 11) is 1.14. The van der Waals surface area contributed by atoms with Crippen LogP contribution in [0.4, 0.5) is 13.2 Å². The van der Waals surface area contributed by atoms with Gasteiger partial charge in [-0.25, -0.2) is 4.98 Å². The lowest BCUT2D eigenvalue weighted by Crippen LogP contribution is -2.09. The number of aliphatic hydroxyl groups excluding tert-OH is 1. The van der Waals surface area contributed by atoms with Crippen LogP contribution in [0.25, 0.3) is 6.08 Å². The molecule has 0 aliphatic rings. The van der Waals surface area contributed by atoms with Gasteiger partial charge in [-0.05, 0) is 18.1 Å². The van der Waals surface area contributed by atoms with Crippen LogP contribution in [0.3, 0.4) is 0 Å². The Morgan fingerprint density at radius 1 is 1.47 bits per heavy atom. The Morgan fingerprint density at radius 3 is 2.71 bits per heavy atom. The third kappa shape index (κ3) is 3.74. The minimum Gasteiger partial charge on any atom is -0.481 e. The molecule has 0 spiro atoms. The van der Waals surface area contributed by atoms with Crippen molar-refractivity contribution < 1.29 is 23.0 Å². The van der Waals surface area contributed by atoms with Gasteiger partial charge in [-0.1, -0.05) is 12.2 Å². The third-order valence-electron chi connectivity index (χ3n) is 1.98. The van der Waals surface area contributed by atoms with Crippen LogP contribution in [0.2, 0.25) is 0 Å². The van der Waals surface area contributed by atoms with Crippen molar-refractivity contribution in [3.63, 3.8) is 0 Å². The number of aromatic nitrogens is 1. The highest BCUT2D eigenvalue weighted by molar-refractivity contribution is 5.51. The van der Waals surface area contributed by atoms with Gasteiger partial charge in [-0.3, -0.25) is 0 Å². The van der Waals surface area contributed by atoms with Crippen molar-refractivity contribution in [2.24, 2.45) is 0 Å². The first-order chi connectivity index (χ1) is 7.99. The number of hydrogen-bond donors (Lipinski definition) is 1. The molecule has 1 aromatic rings. The highest BCUT2D eigenvalue weighted by atomic mass is 19.4. The van der Waals surface area contributed by atoms with Crippen LogP contribution < -0.4 is 4.74 Å². The number of alkyl halides is 3. The summed E-state index contributed by atoms with van der Waals surface area (Å²) in [6.45, 7) is -0.0494. The van der Waals surface area contributed by atoms with Crippen LogP contribution in [0.5, 0.6) is 5.88 Å². The molecule has 94 valence electrons.